The van der Waals surface area contributed by atoms with Gasteiger partial charge >= 0.3 is 13.8 Å². The second kappa shape index (κ2) is 26.5. The quantitative estimate of drug-likeness (QED) is 0.114. The van der Waals surface area contributed by atoms with Gasteiger partial charge in [0.25, 0.3) is 0 Å². The van der Waals surface area contributed by atoms with Crippen LogP contribution in [0.1, 0.15) is 67.8 Å². The summed E-state index contributed by atoms with van der Waals surface area (Å²) in [6.45, 7) is -0.659. The maximum Gasteiger partial charge on any atom is 0.363 e. The van der Waals surface area contributed by atoms with Gasteiger partial charge in [0.2, 0.25) is 0 Å². The van der Waals surface area contributed by atoms with Gasteiger partial charge in [-0.1, -0.05) is 364 Å². The van der Waals surface area contributed by atoms with Crippen molar-refractivity contribution in [1.29, 1.82) is 0 Å². The highest BCUT2D eigenvalue weighted by molar-refractivity contribution is 6.88. The van der Waals surface area contributed by atoms with Gasteiger partial charge in [-0.2, -0.15) is 0 Å². The highest BCUT2D eigenvalue weighted by Gasteiger charge is 2.41. The van der Waals surface area contributed by atoms with Crippen molar-refractivity contribution in [1.82, 2.24) is 0 Å². The van der Waals surface area contributed by atoms with Gasteiger partial charge in [0, 0.05) is 0 Å². The molecule has 0 unspecified atom stereocenters. The van der Waals surface area contributed by atoms with E-state index >= 15 is 0 Å². The molecular weight excluding hydrogens is 1040 g/mol. The van der Waals surface area contributed by atoms with E-state index in [1.807, 2.05) is 0 Å². The Hall–Kier alpha value is -10.4. The van der Waals surface area contributed by atoms with Crippen LogP contribution in [0.25, 0.3) is 44.4 Å². The van der Waals surface area contributed by atoms with E-state index in [4.69, 9.17) is 9.31 Å². The van der Waals surface area contributed by atoms with E-state index in [2.05, 4.69) is 364 Å². The molecule has 0 amide bonds. The fourth-order valence-electron chi connectivity index (χ4n) is 12.4. The van der Waals surface area contributed by atoms with Crippen molar-refractivity contribution in [3.05, 3.63) is 420 Å². The van der Waals surface area contributed by atoms with Crippen molar-refractivity contribution in [2.75, 3.05) is 0 Å². The number of hydrogen-bond donors (Lipinski definition) is 0. The molecule has 2 aliphatic heterocycles. The molecule has 0 bridgehead atoms. The van der Waals surface area contributed by atoms with Crippen LogP contribution in [0.2, 0.25) is 0 Å². The molecule has 0 saturated heterocycles. The van der Waals surface area contributed by atoms with E-state index in [0.29, 0.717) is 0 Å². The lowest BCUT2D eigenvalue weighted by Crippen LogP contribution is -2.36. The van der Waals surface area contributed by atoms with Gasteiger partial charge in [-0.3, -0.25) is 0 Å². The molecule has 2 atom stereocenters. The second-order valence-corrected chi connectivity index (χ2v) is 21.5. The number of rotatable bonds is 12. The van der Waals surface area contributed by atoms with Crippen molar-refractivity contribution >= 4 is 69.1 Å². The van der Waals surface area contributed by atoms with Crippen LogP contribution < -0.4 is 10.9 Å². The summed E-state index contributed by atoms with van der Waals surface area (Å²) in [5.41, 5.74) is 23.1. The first-order chi connectivity index (χ1) is 42.8. The van der Waals surface area contributed by atoms with Crippen molar-refractivity contribution in [3.63, 3.8) is 0 Å². The van der Waals surface area contributed by atoms with E-state index in [1.54, 1.807) is 0 Å². The van der Waals surface area contributed by atoms with Crippen LogP contribution in [0.15, 0.2) is 364 Å². The van der Waals surface area contributed by atoms with E-state index in [9.17, 15) is 0 Å². The van der Waals surface area contributed by atoms with Crippen LogP contribution in [0, 0.1) is 0 Å². The number of allylic oxidation sites excluding steroid dienone is 4. The van der Waals surface area contributed by atoms with E-state index in [0.717, 1.165) is 88.7 Å². The molecule has 2 heterocycles. The van der Waals surface area contributed by atoms with Crippen LogP contribution in [0.3, 0.4) is 0 Å². The molecular formula is C82H62B2O2. The summed E-state index contributed by atoms with van der Waals surface area (Å²) in [7, 11) is 0. The fourth-order valence-corrected chi connectivity index (χ4v) is 12.4. The second-order valence-electron chi connectivity index (χ2n) is 21.5. The maximum atomic E-state index is 7.51. The molecule has 0 saturated carbocycles. The minimum Gasteiger partial charge on any atom is -0.416 e. The standard InChI is InChI=1S/2C41H31BO/c2*1-7-19-31(20-8-1)37-38(32-21-9-2-10-22-32)40(34-25-13-4-14-26-34)42(36-29-17-6-18-30-36)43-41(35-27-15-5-16-28-35)39(37)33-23-11-3-12-24-33/h2*1-30,41H/t2*41-/m11/s1. The zero-order valence-electron chi connectivity index (χ0n) is 47.8. The molecule has 408 valence electrons. The van der Waals surface area contributed by atoms with Crippen LogP contribution in [0.5, 0.6) is 0 Å². The molecule has 0 fully saturated rings. The molecule has 2 aliphatic rings. The molecule has 12 aromatic carbocycles. The molecule has 0 radical (unpaired) electrons. The number of benzene rings is 12. The molecule has 12 aromatic rings. The summed E-state index contributed by atoms with van der Waals surface area (Å²) in [6, 6.07) is 129. The van der Waals surface area contributed by atoms with Gasteiger partial charge in [-0.15, -0.1) is 0 Å². The minimum atomic E-state index is -0.330. The van der Waals surface area contributed by atoms with E-state index in [-0.39, 0.29) is 26.0 Å². The summed E-state index contributed by atoms with van der Waals surface area (Å²) in [4.78, 5) is 0. The van der Waals surface area contributed by atoms with Gasteiger partial charge in [0.15, 0.2) is 0 Å². The van der Waals surface area contributed by atoms with E-state index in [1.165, 1.54) is 22.3 Å². The zero-order chi connectivity index (χ0) is 57.7. The van der Waals surface area contributed by atoms with Gasteiger partial charge in [0.1, 0.15) is 0 Å². The van der Waals surface area contributed by atoms with Crippen molar-refractivity contribution in [2.24, 2.45) is 0 Å². The smallest absolute Gasteiger partial charge is 0.363 e. The summed E-state index contributed by atoms with van der Waals surface area (Å²) < 4.78 is 15.0. The van der Waals surface area contributed by atoms with Crippen molar-refractivity contribution in [2.45, 2.75) is 12.2 Å². The fraction of sp³-hybridized carbons (Fsp3) is 0.0244. The monoisotopic (exact) mass is 1100 g/mol. The lowest BCUT2D eigenvalue weighted by molar-refractivity contribution is 0.278. The van der Waals surface area contributed by atoms with Gasteiger partial charge in [0.05, 0.1) is 12.2 Å². The van der Waals surface area contributed by atoms with Crippen molar-refractivity contribution < 1.29 is 9.31 Å². The Labute approximate surface area is 507 Å². The SMILES string of the molecule is c1ccc(B2O[C@H](c3ccccc3)C(c3ccccc3)=C(c3ccccc3)C(c3ccccc3)=C2c2ccccc2)cc1.c1ccc(B2O[C@H](c3ccccc3)C(c3ccccc3)=C(c3ccccc3)C(c3ccccc3)=C2c2ccccc2)cc1. The first kappa shape index (κ1) is 54.9. The minimum absolute atomic E-state index is 0.330. The largest absolute Gasteiger partial charge is 0.416 e. The topological polar surface area (TPSA) is 18.5 Å². The van der Waals surface area contributed by atoms with Crippen LogP contribution in [-0.4, -0.2) is 13.8 Å². The van der Waals surface area contributed by atoms with Crippen LogP contribution in [0.4, 0.5) is 0 Å². The molecule has 0 aliphatic carbocycles. The van der Waals surface area contributed by atoms with Crippen LogP contribution in [-0.2, 0) is 9.31 Å². The van der Waals surface area contributed by atoms with Crippen molar-refractivity contribution in [3.8, 4) is 0 Å². The highest BCUT2D eigenvalue weighted by atomic mass is 16.5. The zero-order valence-corrected chi connectivity index (χ0v) is 47.8. The Bertz CT molecular complexity index is 3700. The summed E-state index contributed by atoms with van der Waals surface area (Å²) >= 11 is 0. The summed E-state index contributed by atoms with van der Waals surface area (Å²) in [6.07, 6.45) is -0.659. The van der Waals surface area contributed by atoms with Crippen LogP contribution >= 0.6 is 0 Å². The lowest BCUT2D eigenvalue weighted by Gasteiger charge is -2.27. The molecule has 0 N–H and O–H groups in total. The molecule has 2 nitrogen and oxygen atoms in total. The van der Waals surface area contributed by atoms with Gasteiger partial charge in [-0.25, -0.2) is 0 Å². The number of hydrogen-bond acceptors (Lipinski definition) is 2. The average molecular weight is 1100 g/mol. The Morgan fingerprint density at radius 2 is 0.384 bits per heavy atom. The highest BCUT2D eigenvalue weighted by Crippen LogP contribution is 2.53. The Morgan fingerprint density at radius 3 is 0.640 bits per heavy atom. The Balaban J connectivity index is 0.000000160. The van der Waals surface area contributed by atoms with E-state index < -0.39 is 0 Å². The summed E-state index contributed by atoms with van der Waals surface area (Å²) in [5.74, 6) is 0. The molecule has 14 rings (SSSR count). The average Bonchev–Trinajstić information content (AvgIpc) is 2.32. The molecule has 0 spiro atoms. The molecule has 4 heteroatoms. The third-order valence-electron chi connectivity index (χ3n) is 16.2. The normalized spacial score (nSPS) is 15.3. The maximum absolute atomic E-state index is 7.51. The lowest BCUT2D eigenvalue weighted by atomic mass is 9.51. The Morgan fingerprint density at radius 1 is 0.186 bits per heavy atom. The summed E-state index contributed by atoms with van der Waals surface area (Å²) in [5, 5.41) is 0. The Kier molecular flexibility index (Phi) is 16.9. The van der Waals surface area contributed by atoms with Gasteiger partial charge in [-0.05, 0) is 111 Å². The predicted molar refractivity (Wildman–Crippen MR) is 363 cm³/mol. The van der Waals surface area contributed by atoms with Gasteiger partial charge < -0.3 is 9.31 Å². The third-order valence-corrected chi connectivity index (χ3v) is 16.2. The third kappa shape index (κ3) is 11.8. The molecule has 86 heavy (non-hydrogen) atoms. The first-order valence-corrected chi connectivity index (χ1v) is 29.7. The first-order valence-electron chi connectivity index (χ1n) is 29.7. The molecule has 0 aromatic heterocycles. The predicted octanol–water partition coefficient (Wildman–Crippen LogP) is 18.8.